The largest absolute Gasteiger partial charge is 0.481 e. The average molecular weight is 310 g/mol. The minimum atomic E-state index is -0.769. The fourth-order valence-corrected chi connectivity index (χ4v) is 2.88. The second-order valence-electron chi connectivity index (χ2n) is 5.69. The van der Waals surface area contributed by atoms with Crippen LogP contribution in [0.4, 0.5) is 0 Å². The normalized spacial score (nSPS) is 16.1. The number of rotatable bonds is 3. The molecule has 1 aromatic carbocycles. The predicted molar refractivity (Wildman–Crippen MR) is 87.7 cm³/mol. The number of amides is 1. The van der Waals surface area contributed by atoms with Gasteiger partial charge in [0, 0.05) is 36.3 Å². The Balaban J connectivity index is 1.70. The van der Waals surface area contributed by atoms with Gasteiger partial charge in [-0.3, -0.25) is 14.6 Å². The molecule has 1 aliphatic heterocycles. The van der Waals surface area contributed by atoms with E-state index in [1.165, 1.54) is 0 Å². The lowest BCUT2D eigenvalue weighted by molar-refractivity contribution is -0.144. The fourth-order valence-electron chi connectivity index (χ4n) is 2.88. The van der Waals surface area contributed by atoms with Crippen molar-refractivity contribution in [1.82, 2.24) is 9.88 Å². The highest BCUT2D eigenvalue weighted by Gasteiger charge is 2.25. The molecule has 0 spiro atoms. The number of likely N-dealkylation sites (tertiary alicyclic amines) is 1. The molecule has 2 heterocycles. The van der Waals surface area contributed by atoms with Gasteiger partial charge in [-0.1, -0.05) is 24.3 Å². The van der Waals surface area contributed by atoms with E-state index in [9.17, 15) is 9.59 Å². The zero-order valence-electron chi connectivity index (χ0n) is 12.7. The molecule has 5 heteroatoms. The van der Waals surface area contributed by atoms with Crippen LogP contribution in [0.15, 0.2) is 42.6 Å². The van der Waals surface area contributed by atoms with Crippen molar-refractivity contribution in [2.24, 2.45) is 5.92 Å². The molecule has 0 aliphatic carbocycles. The van der Waals surface area contributed by atoms with Crippen molar-refractivity contribution in [3.05, 3.63) is 48.2 Å². The quantitative estimate of drug-likeness (QED) is 0.885. The third-order valence-electron chi connectivity index (χ3n) is 4.23. The lowest BCUT2D eigenvalue weighted by atomic mass is 9.97. The summed E-state index contributed by atoms with van der Waals surface area (Å²) in [6.07, 6.45) is 6.10. The van der Waals surface area contributed by atoms with Gasteiger partial charge in [0.05, 0.1) is 11.4 Å². The summed E-state index contributed by atoms with van der Waals surface area (Å²) in [4.78, 5) is 29.3. The zero-order chi connectivity index (χ0) is 16.2. The monoisotopic (exact) mass is 310 g/mol. The van der Waals surface area contributed by atoms with E-state index in [0.717, 1.165) is 16.5 Å². The van der Waals surface area contributed by atoms with Gasteiger partial charge in [-0.15, -0.1) is 0 Å². The van der Waals surface area contributed by atoms with E-state index >= 15 is 0 Å². The molecular formula is C18H18N2O3. The molecule has 1 saturated heterocycles. The van der Waals surface area contributed by atoms with Crippen LogP contribution in [0.25, 0.3) is 17.0 Å². The van der Waals surface area contributed by atoms with Crippen LogP contribution >= 0.6 is 0 Å². The Bertz CT molecular complexity index is 756. The minimum absolute atomic E-state index is 0.0817. The number of aliphatic carboxylic acids is 1. The predicted octanol–water partition coefficient (Wildman–Crippen LogP) is 2.57. The first-order chi connectivity index (χ1) is 11.1. The Morgan fingerprint density at radius 2 is 1.91 bits per heavy atom. The highest BCUT2D eigenvalue weighted by atomic mass is 16.4. The maximum Gasteiger partial charge on any atom is 0.306 e. The summed E-state index contributed by atoms with van der Waals surface area (Å²) in [7, 11) is 0. The first-order valence-electron chi connectivity index (χ1n) is 7.68. The van der Waals surface area contributed by atoms with Crippen LogP contribution in [0, 0.1) is 5.92 Å². The van der Waals surface area contributed by atoms with Gasteiger partial charge >= 0.3 is 5.97 Å². The Labute approximate surface area is 134 Å². The summed E-state index contributed by atoms with van der Waals surface area (Å²) in [5.74, 6) is -1.18. The highest BCUT2D eigenvalue weighted by molar-refractivity contribution is 5.95. The van der Waals surface area contributed by atoms with Crippen LogP contribution in [0.5, 0.6) is 0 Å². The van der Waals surface area contributed by atoms with E-state index < -0.39 is 5.97 Å². The number of hydrogen-bond acceptors (Lipinski definition) is 3. The number of hydrogen-bond donors (Lipinski definition) is 1. The van der Waals surface area contributed by atoms with Crippen molar-refractivity contribution in [2.75, 3.05) is 13.1 Å². The third kappa shape index (κ3) is 3.39. The van der Waals surface area contributed by atoms with Crippen molar-refractivity contribution < 1.29 is 14.7 Å². The van der Waals surface area contributed by atoms with E-state index in [1.54, 1.807) is 23.2 Å². The summed E-state index contributed by atoms with van der Waals surface area (Å²) in [5.41, 5.74) is 1.76. The first-order valence-corrected chi connectivity index (χ1v) is 7.68. The molecule has 0 atom stereocenters. The van der Waals surface area contributed by atoms with Crippen LogP contribution in [0.2, 0.25) is 0 Å². The Kier molecular flexibility index (Phi) is 4.37. The lowest BCUT2D eigenvalue weighted by Gasteiger charge is -2.29. The number of fused-ring (bicyclic) bond motifs is 1. The van der Waals surface area contributed by atoms with Gasteiger partial charge in [-0.2, -0.15) is 0 Å². The summed E-state index contributed by atoms with van der Waals surface area (Å²) in [5, 5.41) is 10.0. The van der Waals surface area contributed by atoms with Crippen LogP contribution in [-0.4, -0.2) is 40.0 Å². The third-order valence-corrected chi connectivity index (χ3v) is 4.23. The molecule has 1 aromatic heterocycles. The number of pyridine rings is 1. The van der Waals surface area contributed by atoms with E-state index in [2.05, 4.69) is 4.98 Å². The van der Waals surface area contributed by atoms with E-state index in [-0.39, 0.29) is 11.8 Å². The molecule has 1 amide bonds. The fraction of sp³-hybridized carbons (Fsp3) is 0.278. The molecule has 0 radical (unpaired) electrons. The number of carbonyl (C=O) groups excluding carboxylic acids is 1. The highest BCUT2D eigenvalue weighted by Crippen LogP contribution is 2.19. The van der Waals surface area contributed by atoms with E-state index in [0.29, 0.717) is 25.9 Å². The van der Waals surface area contributed by atoms with Gasteiger partial charge in [0.2, 0.25) is 5.91 Å². The average Bonchev–Trinajstić information content (AvgIpc) is 2.59. The van der Waals surface area contributed by atoms with Gasteiger partial charge in [0.15, 0.2) is 0 Å². The number of benzene rings is 1. The molecule has 118 valence electrons. The summed E-state index contributed by atoms with van der Waals surface area (Å²) >= 11 is 0. The number of para-hydroxylation sites is 1. The molecule has 2 aromatic rings. The number of nitrogens with zero attached hydrogens (tertiary/aromatic N) is 2. The van der Waals surface area contributed by atoms with Crippen LogP contribution < -0.4 is 0 Å². The van der Waals surface area contributed by atoms with E-state index in [4.69, 9.17) is 5.11 Å². The second-order valence-corrected chi connectivity index (χ2v) is 5.69. The van der Waals surface area contributed by atoms with E-state index in [1.807, 2.05) is 30.3 Å². The van der Waals surface area contributed by atoms with Crippen LogP contribution in [-0.2, 0) is 9.59 Å². The van der Waals surface area contributed by atoms with Gasteiger partial charge < -0.3 is 10.0 Å². The Morgan fingerprint density at radius 1 is 1.17 bits per heavy atom. The molecule has 5 nitrogen and oxygen atoms in total. The topological polar surface area (TPSA) is 70.5 Å². The molecule has 23 heavy (non-hydrogen) atoms. The minimum Gasteiger partial charge on any atom is -0.481 e. The standard InChI is InChI=1S/C18H18N2O3/c21-16(20-11-8-15(9-12-20)18(22)23)7-6-14-4-1-3-13-5-2-10-19-17(13)14/h1-7,10,15H,8-9,11-12H2,(H,22,23). The zero-order valence-corrected chi connectivity index (χ0v) is 12.7. The molecule has 1 fully saturated rings. The molecular weight excluding hydrogens is 292 g/mol. The van der Waals surface area contributed by atoms with Crippen LogP contribution in [0.1, 0.15) is 18.4 Å². The SMILES string of the molecule is O=C(O)C1CCN(C(=O)C=Cc2cccc3cccnc23)CC1. The molecule has 0 saturated carbocycles. The van der Waals surface area contributed by atoms with Crippen molar-refractivity contribution >= 4 is 28.9 Å². The Hall–Kier alpha value is -2.69. The summed E-state index contributed by atoms with van der Waals surface area (Å²) in [6.45, 7) is 0.988. The maximum absolute atomic E-state index is 12.3. The summed E-state index contributed by atoms with van der Waals surface area (Å²) in [6, 6.07) is 9.71. The number of piperidine rings is 1. The van der Waals surface area contributed by atoms with Crippen molar-refractivity contribution in [1.29, 1.82) is 0 Å². The van der Waals surface area contributed by atoms with Gasteiger partial charge in [-0.25, -0.2) is 0 Å². The van der Waals surface area contributed by atoms with Crippen LogP contribution in [0.3, 0.4) is 0 Å². The molecule has 3 rings (SSSR count). The number of carboxylic acids is 1. The maximum atomic E-state index is 12.3. The van der Waals surface area contributed by atoms with Gasteiger partial charge in [-0.05, 0) is 25.0 Å². The first kappa shape index (κ1) is 15.2. The molecule has 1 aliphatic rings. The number of aromatic nitrogens is 1. The Morgan fingerprint density at radius 3 is 2.65 bits per heavy atom. The smallest absolute Gasteiger partial charge is 0.306 e. The van der Waals surface area contributed by atoms with Crippen molar-refractivity contribution in [3.8, 4) is 0 Å². The van der Waals surface area contributed by atoms with Gasteiger partial charge in [0.25, 0.3) is 0 Å². The van der Waals surface area contributed by atoms with Crippen molar-refractivity contribution in [3.63, 3.8) is 0 Å². The molecule has 0 unspecified atom stereocenters. The lowest BCUT2D eigenvalue weighted by Crippen LogP contribution is -2.39. The number of carboxylic acid groups (broad SMARTS) is 1. The molecule has 1 N–H and O–H groups in total. The summed E-state index contributed by atoms with van der Waals surface area (Å²) < 4.78 is 0. The second kappa shape index (κ2) is 6.60. The van der Waals surface area contributed by atoms with Crippen molar-refractivity contribution in [2.45, 2.75) is 12.8 Å². The molecule has 0 bridgehead atoms. The number of carbonyl (C=O) groups is 2. The van der Waals surface area contributed by atoms with Gasteiger partial charge in [0.1, 0.15) is 0 Å².